The molecule has 0 radical (unpaired) electrons. The zero-order valence-corrected chi connectivity index (χ0v) is 14.9. The Morgan fingerprint density at radius 3 is 3.04 bits per heavy atom. The van der Waals surface area contributed by atoms with Gasteiger partial charge in [-0.25, -0.2) is 0 Å². The number of nitrogens with one attached hydrogen (secondary N) is 2. The van der Waals surface area contributed by atoms with Crippen LogP contribution in [0.25, 0.3) is 10.1 Å². The second-order valence-electron chi connectivity index (χ2n) is 6.63. The van der Waals surface area contributed by atoms with E-state index in [9.17, 15) is 0 Å². The molecule has 3 atom stereocenters. The molecule has 5 heteroatoms. The Labute approximate surface area is 147 Å². The molecule has 2 aromatic rings. The Morgan fingerprint density at radius 1 is 1.33 bits per heavy atom. The van der Waals surface area contributed by atoms with Gasteiger partial charge in [-0.2, -0.15) is 0 Å². The van der Waals surface area contributed by atoms with E-state index >= 15 is 0 Å². The molecule has 2 saturated heterocycles. The molecule has 0 aliphatic carbocycles. The largest absolute Gasteiger partial charge is 0.373 e. The molecule has 3 heterocycles. The van der Waals surface area contributed by atoms with Gasteiger partial charge < -0.3 is 15.4 Å². The maximum Gasteiger partial charge on any atom is 0.191 e. The summed E-state index contributed by atoms with van der Waals surface area (Å²) in [5, 5.41) is 10.6. The van der Waals surface area contributed by atoms with E-state index in [2.05, 4.69) is 47.2 Å². The van der Waals surface area contributed by atoms with Gasteiger partial charge in [0.05, 0.1) is 18.2 Å². The fourth-order valence-electron chi connectivity index (χ4n) is 3.80. The summed E-state index contributed by atoms with van der Waals surface area (Å²) in [6.45, 7) is 3.80. The average Bonchev–Trinajstić information content (AvgIpc) is 3.31. The van der Waals surface area contributed by atoms with Crippen LogP contribution in [0.15, 0.2) is 34.6 Å². The normalized spacial score (nSPS) is 26.2. The number of guanidine groups is 1. The fraction of sp³-hybridized carbons (Fsp3) is 0.526. The minimum absolute atomic E-state index is 0.375. The summed E-state index contributed by atoms with van der Waals surface area (Å²) in [6, 6.07) is 9.03. The van der Waals surface area contributed by atoms with Gasteiger partial charge in [-0.15, -0.1) is 11.3 Å². The van der Waals surface area contributed by atoms with E-state index in [0.29, 0.717) is 18.2 Å². The first-order chi connectivity index (χ1) is 11.8. The number of nitrogens with zero attached hydrogens (tertiary/aromatic N) is 1. The molecule has 2 N–H and O–H groups in total. The smallest absolute Gasteiger partial charge is 0.191 e. The first kappa shape index (κ1) is 15.9. The molecule has 24 heavy (non-hydrogen) atoms. The highest BCUT2D eigenvalue weighted by atomic mass is 32.1. The molecule has 0 saturated carbocycles. The quantitative estimate of drug-likeness (QED) is 0.647. The molecule has 128 valence electrons. The summed E-state index contributed by atoms with van der Waals surface area (Å²) in [5.74, 6) is 0.929. The molecule has 0 amide bonds. The predicted molar refractivity (Wildman–Crippen MR) is 101 cm³/mol. The molecule has 4 rings (SSSR count). The SMILES string of the molecule is CCNC(=NCCc1csc2ccccc12)NC1CC2CCC1O2. The standard InChI is InChI=1S/C19H25N3OS/c1-2-20-19(22-16-11-14-7-8-17(16)23-14)21-10-9-13-12-24-18-6-4-3-5-15(13)18/h3-6,12,14,16-17H,2,7-11H2,1H3,(H2,20,21,22). The van der Waals surface area contributed by atoms with Crippen molar-refractivity contribution in [2.24, 2.45) is 4.99 Å². The summed E-state index contributed by atoms with van der Waals surface area (Å²) in [4.78, 5) is 4.79. The number of ether oxygens (including phenoxy) is 1. The number of aliphatic imine (C=N–C) groups is 1. The topological polar surface area (TPSA) is 45.7 Å². The highest BCUT2D eigenvalue weighted by Gasteiger charge is 2.41. The highest BCUT2D eigenvalue weighted by molar-refractivity contribution is 7.17. The molecule has 4 nitrogen and oxygen atoms in total. The van der Waals surface area contributed by atoms with Gasteiger partial charge in [0.2, 0.25) is 0 Å². The van der Waals surface area contributed by atoms with Crippen LogP contribution in [0.2, 0.25) is 0 Å². The van der Waals surface area contributed by atoms with Gasteiger partial charge in [0, 0.05) is 17.8 Å². The number of benzene rings is 1. The number of thiophene rings is 1. The number of fused-ring (bicyclic) bond motifs is 3. The van der Waals surface area contributed by atoms with E-state index < -0.39 is 0 Å². The lowest BCUT2D eigenvalue weighted by Crippen LogP contribution is -2.47. The van der Waals surface area contributed by atoms with Crippen LogP contribution in [0.1, 0.15) is 31.7 Å². The van der Waals surface area contributed by atoms with Crippen molar-refractivity contribution < 1.29 is 4.74 Å². The minimum atomic E-state index is 0.375. The molecular weight excluding hydrogens is 318 g/mol. The predicted octanol–water partition coefficient (Wildman–Crippen LogP) is 3.32. The summed E-state index contributed by atoms with van der Waals surface area (Å²) in [5.41, 5.74) is 1.40. The lowest BCUT2D eigenvalue weighted by Gasteiger charge is -2.22. The summed E-state index contributed by atoms with van der Waals surface area (Å²) in [6.07, 6.45) is 5.34. The van der Waals surface area contributed by atoms with E-state index in [4.69, 9.17) is 9.73 Å². The molecule has 1 aromatic heterocycles. The van der Waals surface area contributed by atoms with Gasteiger partial charge in [-0.05, 0) is 55.0 Å². The lowest BCUT2D eigenvalue weighted by atomic mass is 9.96. The van der Waals surface area contributed by atoms with Crippen LogP contribution in [-0.2, 0) is 11.2 Å². The van der Waals surface area contributed by atoms with E-state index in [1.807, 2.05) is 11.3 Å². The minimum Gasteiger partial charge on any atom is -0.373 e. The Kier molecular flexibility index (Phi) is 4.72. The van der Waals surface area contributed by atoms with Crippen LogP contribution >= 0.6 is 11.3 Å². The zero-order chi connectivity index (χ0) is 16.4. The van der Waals surface area contributed by atoms with E-state index in [-0.39, 0.29) is 0 Å². The lowest BCUT2D eigenvalue weighted by molar-refractivity contribution is 0.0992. The first-order valence-corrected chi connectivity index (χ1v) is 9.87. The Hall–Kier alpha value is -1.59. The van der Waals surface area contributed by atoms with Crippen molar-refractivity contribution in [3.05, 3.63) is 35.2 Å². The van der Waals surface area contributed by atoms with Crippen molar-refractivity contribution in [1.29, 1.82) is 0 Å². The van der Waals surface area contributed by atoms with Crippen molar-refractivity contribution in [3.8, 4) is 0 Å². The number of hydrogen-bond acceptors (Lipinski definition) is 3. The average molecular weight is 343 g/mol. The maximum absolute atomic E-state index is 5.93. The molecule has 0 spiro atoms. The monoisotopic (exact) mass is 343 g/mol. The van der Waals surface area contributed by atoms with Gasteiger partial charge in [0.1, 0.15) is 0 Å². The Morgan fingerprint density at radius 2 is 2.25 bits per heavy atom. The second-order valence-corrected chi connectivity index (χ2v) is 7.54. The Balaban J connectivity index is 1.38. The van der Waals surface area contributed by atoms with E-state index in [1.165, 1.54) is 28.5 Å². The van der Waals surface area contributed by atoms with Crippen molar-refractivity contribution >= 4 is 27.4 Å². The fourth-order valence-corrected chi connectivity index (χ4v) is 4.80. The number of hydrogen-bond donors (Lipinski definition) is 2. The van der Waals surface area contributed by atoms with Crippen LogP contribution in [0.4, 0.5) is 0 Å². The molecule has 2 aliphatic rings. The van der Waals surface area contributed by atoms with Gasteiger partial charge in [0.15, 0.2) is 5.96 Å². The van der Waals surface area contributed by atoms with Crippen LogP contribution < -0.4 is 10.6 Å². The van der Waals surface area contributed by atoms with Crippen molar-refractivity contribution in [1.82, 2.24) is 10.6 Å². The van der Waals surface area contributed by atoms with Crippen LogP contribution in [0, 0.1) is 0 Å². The highest BCUT2D eigenvalue weighted by Crippen LogP contribution is 2.34. The first-order valence-electron chi connectivity index (χ1n) is 8.99. The van der Waals surface area contributed by atoms with Crippen LogP contribution in [0.5, 0.6) is 0 Å². The van der Waals surface area contributed by atoms with E-state index in [0.717, 1.165) is 31.9 Å². The third-order valence-electron chi connectivity index (χ3n) is 4.98. The zero-order valence-electron chi connectivity index (χ0n) is 14.1. The van der Waals surface area contributed by atoms with Crippen molar-refractivity contribution in [2.75, 3.05) is 13.1 Å². The van der Waals surface area contributed by atoms with Crippen LogP contribution in [-0.4, -0.2) is 37.3 Å². The summed E-state index contributed by atoms with van der Waals surface area (Å²) < 4.78 is 7.29. The third kappa shape index (κ3) is 3.28. The maximum atomic E-state index is 5.93. The third-order valence-corrected chi connectivity index (χ3v) is 6.00. The molecule has 2 bridgehead atoms. The van der Waals surface area contributed by atoms with Gasteiger partial charge >= 0.3 is 0 Å². The molecule has 1 aromatic carbocycles. The van der Waals surface area contributed by atoms with Gasteiger partial charge in [-0.3, -0.25) is 4.99 Å². The number of rotatable bonds is 5. The molecule has 2 fully saturated rings. The van der Waals surface area contributed by atoms with Crippen LogP contribution in [0.3, 0.4) is 0 Å². The van der Waals surface area contributed by atoms with E-state index in [1.54, 1.807) is 0 Å². The second kappa shape index (κ2) is 7.11. The van der Waals surface area contributed by atoms with Crippen molar-refractivity contribution in [3.63, 3.8) is 0 Å². The summed E-state index contributed by atoms with van der Waals surface area (Å²) in [7, 11) is 0. The summed E-state index contributed by atoms with van der Waals surface area (Å²) >= 11 is 1.82. The molecular formula is C19H25N3OS. The molecule has 3 unspecified atom stereocenters. The van der Waals surface area contributed by atoms with Crippen molar-refractivity contribution in [2.45, 2.75) is 50.9 Å². The van der Waals surface area contributed by atoms with Gasteiger partial charge in [0.25, 0.3) is 0 Å². The Bertz CT molecular complexity index is 726. The molecule has 2 aliphatic heterocycles. The van der Waals surface area contributed by atoms with Gasteiger partial charge in [-0.1, -0.05) is 18.2 Å².